The van der Waals surface area contributed by atoms with E-state index in [2.05, 4.69) is 23.3 Å². The van der Waals surface area contributed by atoms with E-state index in [0.29, 0.717) is 6.42 Å². The Morgan fingerprint density at radius 1 is 1.17 bits per heavy atom. The van der Waals surface area contributed by atoms with Crippen molar-refractivity contribution < 1.29 is 34.2 Å². The van der Waals surface area contributed by atoms with Crippen LogP contribution in [0.3, 0.4) is 0 Å². The molecule has 4 amide bonds. The summed E-state index contributed by atoms with van der Waals surface area (Å²) >= 11 is 3.89. The summed E-state index contributed by atoms with van der Waals surface area (Å²) in [5.41, 5.74) is 10.5. The average molecular weight is 433 g/mol. The molecule has 1 fully saturated rings. The zero-order chi connectivity index (χ0) is 22.1. The van der Waals surface area contributed by atoms with Gasteiger partial charge >= 0.3 is 5.97 Å². The molecule has 8 N–H and O–H groups in total. The number of aliphatic carboxylic acids is 1. The molecule has 1 aliphatic rings. The van der Waals surface area contributed by atoms with E-state index < -0.39 is 60.4 Å². The Balaban J connectivity index is 2.82. The number of carbonyl (C=O) groups is 5. The number of carboxylic acids is 1. The minimum absolute atomic E-state index is 0.0365. The first-order chi connectivity index (χ1) is 13.6. The Bertz CT molecular complexity index is 647. The molecule has 0 saturated carbocycles. The van der Waals surface area contributed by atoms with Crippen molar-refractivity contribution >= 4 is 42.2 Å². The van der Waals surface area contributed by atoms with Gasteiger partial charge in [-0.3, -0.25) is 19.2 Å². The van der Waals surface area contributed by atoms with Crippen LogP contribution in [0.4, 0.5) is 0 Å². The summed E-state index contributed by atoms with van der Waals surface area (Å²) in [5.74, 6) is -4.07. The Kier molecular flexibility index (Phi) is 9.85. The van der Waals surface area contributed by atoms with E-state index in [0.717, 1.165) is 0 Å². The van der Waals surface area contributed by atoms with Crippen LogP contribution in [0.5, 0.6) is 0 Å². The van der Waals surface area contributed by atoms with Crippen molar-refractivity contribution in [1.82, 2.24) is 15.5 Å². The maximum absolute atomic E-state index is 12.7. The molecule has 0 aliphatic carbocycles. The van der Waals surface area contributed by atoms with Crippen LogP contribution in [0.15, 0.2) is 0 Å². The lowest BCUT2D eigenvalue weighted by atomic mass is 10.1. The summed E-state index contributed by atoms with van der Waals surface area (Å²) in [4.78, 5) is 60.5. The maximum Gasteiger partial charge on any atom is 0.326 e. The zero-order valence-electron chi connectivity index (χ0n) is 15.7. The Labute approximate surface area is 172 Å². The number of hydrogen-bond donors (Lipinski definition) is 7. The van der Waals surface area contributed by atoms with Crippen LogP contribution in [-0.4, -0.2) is 87.8 Å². The number of nitrogens with one attached hydrogen (secondary N) is 2. The summed E-state index contributed by atoms with van der Waals surface area (Å²) in [6.07, 6.45) is 0.343. The number of carbonyl (C=O) groups excluding carboxylic acids is 4. The number of aliphatic hydroxyl groups excluding tert-OH is 1. The van der Waals surface area contributed by atoms with Crippen LogP contribution in [0.1, 0.15) is 25.7 Å². The molecular weight excluding hydrogens is 406 g/mol. The van der Waals surface area contributed by atoms with E-state index in [4.69, 9.17) is 11.5 Å². The highest BCUT2D eigenvalue weighted by Crippen LogP contribution is 2.19. The second kappa shape index (κ2) is 11.6. The molecule has 1 heterocycles. The number of nitrogens with two attached hydrogens (primary N) is 2. The fraction of sp³-hybridized carbons (Fsp3) is 0.688. The SMILES string of the molecule is NC(=O)CCC(NC(=O)C1CCCN1C(=O)C(CO)NC(=O)C(N)CS)C(=O)O. The van der Waals surface area contributed by atoms with Gasteiger partial charge in [-0.25, -0.2) is 4.79 Å². The molecule has 1 saturated heterocycles. The van der Waals surface area contributed by atoms with Crippen LogP contribution >= 0.6 is 12.6 Å². The first kappa shape index (κ1) is 24.7. The molecule has 13 heteroatoms. The maximum atomic E-state index is 12.7. The van der Waals surface area contributed by atoms with Crippen LogP contribution < -0.4 is 22.1 Å². The number of nitrogens with zero attached hydrogens (tertiary/aromatic N) is 1. The number of primary amides is 1. The lowest BCUT2D eigenvalue weighted by molar-refractivity contribution is -0.145. The lowest BCUT2D eigenvalue weighted by Crippen LogP contribution is -2.58. The molecule has 0 bridgehead atoms. The molecule has 0 aromatic heterocycles. The van der Waals surface area contributed by atoms with Crippen molar-refractivity contribution in [2.45, 2.75) is 49.9 Å². The van der Waals surface area contributed by atoms with Crippen LogP contribution in [0.2, 0.25) is 0 Å². The summed E-state index contributed by atoms with van der Waals surface area (Å²) in [5, 5.41) is 23.3. The molecular formula is C16H27N5O7S. The van der Waals surface area contributed by atoms with Gasteiger partial charge in [-0.1, -0.05) is 0 Å². The van der Waals surface area contributed by atoms with Gasteiger partial charge in [0.05, 0.1) is 12.6 Å². The fourth-order valence-corrected chi connectivity index (χ4v) is 3.03. The predicted molar refractivity (Wildman–Crippen MR) is 104 cm³/mol. The number of likely N-dealkylation sites (tertiary alicyclic amines) is 1. The lowest BCUT2D eigenvalue weighted by Gasteiger charge is -2.29. The van der Waals surface area contributed by atoms with Gasteiger partial charge in [-0.15, -0.1) is 0 Å². The quantitative estimate of drug-likeness (QED) is 0.163. The molecule has 4 unspecified atom stereocenters. The van der Waals surface area contributed by atoms with E-state index in [1.807, 2.05) is 0 Å². The smallest absolute Gasteiger partial charge is 0.326 e. The third-order valence-corrected chi connectivity index (χ3v) is 4.86. The normalized spacial score (nSPS) is 19.1. The number of hydrogen-bond acceptors (Lipinski definition) is 8. The number of amides is 4. The van der Waals surface area contributed by atoms with E-state index >= 15 is 0 Å². The number of thiol groups is 1. The van der Waals surface area contributed by atoms with Gasteiger partial charge in [-0.05, 0) is 19.3 Å². The molecule has 0 aromatic rings. The van der Waals surface area contributed by atoms with Crippen molar-refractivity contribution in [3.05, 3.63) is 0 Å². The van der Waals surface area contributed by atoms with Crippen molar-refractivity contribution in [2.24, 2.45) is 11.5 Å². The molecule has 164 valence electrons. The molecule has 12 nitrogen and oxygen atoms in total. The van der Waals surface area contributed by atoms with Crippen LogP contribution in [0.25, 0.3) is 0 Å². The second-order valence-electron chi connectivity index (χ2n) is 6.63. The van der Waals surface area contributed by atoms with Gasteiger partial charge in [0.1, 0.15) is 18.1 Å². The Morgan fingerprint density at radius 2 is 1.83 bits per heavy atom. The van der Waals surface area contributed by atoms with E-state index in [1.165, 1.54) is 4.90 Å². The van der Waals surface area contributed by atoms with Gasteiger partial charge < -0.3 is 37.2 Å². The fourth-order valence-electron chi connectivity index (χ4n) is 2.86. The van der Waals surface area contributed by atoms with Gasteiger partial charge in [0.2, 0.25) is 23.6 Å². The standard InChI is InChI=1S/C16H27N5O7S/c17-8(7-29)13(24)20-10(6-22)15(26)21-5-1-2-11(21)14(25)19-9(16(27)28)3-4-12(18)23/h8-11,22,29H,1-7,17H2,(H2,18,23)(H,19,25)(H,20,24)(H,27,28). The molecule has 29 heavy (non-hydrogen) atoms. The summed E-state index contributed by atoms with van der Waals surface area (Å²) in [7, 11) is 0. The third kappa shape index (κ3) is 7.18. The molecule has 0 radical (unpaired) electrons. The highest BCUT2D eigenvalue weighted by molar-refractivity contribution is 7.80. The highest BCUT2D eigenvalue weighted by atomic mass is 32.1. The molecule has 1 rings (SSSR count). The number of rotatable bonds is 11. The van der Waals surface area contributed by atoms with Gasteiger partial charge in [-0.2, -0.15) is 12.6 Å². The zero-order valence-corrected chi connectivity index (χ0v) is 16.6. The van der Waals surface area contributed by atoms with E-state index in [-0.39, 0.29) is 31.6 Å². The average Bonchev–Trinajstić information content (AvgIpc) is 3.17. The van der Waals surface area contributed by atoms with E-state index in [1.54, 1.807) is 0 Å². The summed E-state index contributed by atoms with van der Waals surface area (Å²) in [6, 6.07) is -4.58. The number of aliphatic hydroxyl groups is 1. The minimum Gasteiger partial charge on any atom is -0.480 e. The minimum atomic E-state index is -1.34. The topological polar surface area (TPSA) is 205 Å². The van der Waals surface area contributed by atoms with Crippen molar-refractivity contribution in [1.29, 1.82) is 0 Å². The van der Waals surface area contributed by atoms with Crippen molar-refractivity contribution in [3.8, 4) is 0 Å². The van der Waals surface area contributed by atoms with Crippen LogP contribution in [-0.2, 0) is 24.0 Å². The Hall–Kier alpha value is -2.38. The first-order valence-corrected chi connectivity index (χ1v) is 9.65. The van der Waals surface area contributed by atoms with Crippen molar-refractivity contribution in [2.75, 3.05) is 18.9 Å². The monoisotopic (exact) mass is 433 g/mol. The molecule has 0 spiro atoms. The third-order valence-electron chi connectivity index (χ3n) is 4.46. The van der Waals surface area contributed by atoms with Gasteiger partial charge in [0.25, 0.3) is 0 Å². The first-order valence-electron chi connectivity index (χ1n) is 9.02. The summed E-state index contributed by atoms with van der Waals surface area (Å²) < 4.78 is 0. The number of carboxylic acid groups (broad SMARTS) is 1. The molecule has 1 aliphatic heterocycles. The second-order valence-corrected chi connectivity index (χ2v) is 6.99. The Morgan fingerprint density at radius 3 is 2.34 bits per heavy atom. The molecule has 4 atom stereocenters. The van der Waals surface area contributed by atoms with Crippen LogP contribution in [0, 0.1) is 0 Å². The van der Waals surface area contributed by atoms with E-state index in [9.17, 15) is 34.2 Å². The predicted octanol–water partition coefficient (Wildman–Crippen LogP) is -3.45. The van der Waals surface area contributed by atoms with Gasteiger partial charge in [0.15, 0.2) is 0 Å². The highest BCUT2D eigenvalue weighted by Gasteiger charge is 2.38. The van der Waals surface area contributed by atoms with Crippen molar-refractivity contribution in [3.63, 3.8) is 0 Å². The summed E-state index contributed by atoms with van der Waals surface area (Å²) in [6.45, 7) is -0.508. The largest absolute Gasteiger partial charge is 0.480 e. The van der Waals surface area contributed by atoms with Gasteiger partial charge in [0, 0.05) is 18.7 Å². The molecule has 0 aromatic carbocycles.